The zero-order valence-electron chi connectivity index (χ0n) is 14.5. The van der Waals surface area contributed by atoms with Gasteiger partial charge in [0.05, 0.1) is 12.8 Å². The van der Waals surface area contributed by atoms with E-state index in [-0.39, 0.29) is 12.0 Å². The summed E-state index contributed by atoms with van der Waals surface area (Å²) in [7, 11) is 3.86. The van der Waals surface area contributed by atoms with E-state index in [2.05, 4.69) is 56.2 Å². The summed E-state index contributed by atoms with van der Waals surface area (Å²) in [5, 5.41) is 12.7. The molecule has 0 aromatic heterocycles. The van der Waals surface area contributed by atoms with Gasteiger partial charge in [-0.2, -0.15) is 0 Å². The molecule has 1 aromatic rings. The summed E-state index contributed by atoms with van der Waals surface area (Å²) in [5.41, 5.74) is 2.55. The Labute approximate surface area is 134 Å². The molecule has 0 amide bonds. The quantitative estimate of drug-likeness (QED) is 0.877. The molecule has 0 bridgehead atoms. The van der Waals surface area contributed by atoms with E-state index in [9.17, 15) is 5.11 Å². The van der Waals surface area contributed by atoms with Crippen molar-refractivity contribution in [1.82, 2.24) is 5.32 Å². The van der Waals surface area contributed by atoms with Crippen molar-refractivity contribution >= 4 is 5.69 Å². The molecule has 2 N–H and O–H groups in total. The lowest BCUT2D eigenvalue weighted by Crippen LogP contribution is -2.38. The topological polar surface area (TPSA) is 44.7 Å². The molecule has 0 aliphatic carbocycles. The van der Waals surface area contributed by atoms with Crippen molar-refractivity contribution in [1.29, 1.82) is 0 Å². The summed E-state index contributed by atoms with van der Waals surface area (Å²) in [6, 6.07) is 6.84. The zero-order chi connectivity index (χ0) is 16.3. The van der Waals surface area contributed by atoms with Crippen LogP contribution in [0, 0.1) is 5.92 Å². The number of methoxy groups -OCH3 is 1. The molecular weight excluding hydrogens is 276 g/mol. The van der Waals surface area contributed by atoms with Gasteiger partial charge in [-0.15, -0.1) is 0 Å². The highest BCUT2D eigenvalue weighted by atomic mass is 16.5. The molecule has 2 unspecified atom stereocenters. The van der Waals surface area contributed by atoms with Crippen LogP contribution in [0.5, 0.6) is 5.75 Å². The van der Waals surface area contributed by atoms with Crippen LogP contribution in [-0.2, 0) is 5.41 Å². The van der Waals surface area contributed by atoms with Gasteiger partial charge in [-0.05, 0) is 35.4 Å². The number of aliphatic hydroxyl groups is 1. The largest absolute Gasteiger partial charge is 0.495 e. The lowest BCUT2D eigenvalue weighted by Gasteiger charge is -2.33. The Balaban J connectivity index is 2.32. The summed E-state index contributed by atoms with van der Waals surface area (Å²) in [6.07, 6.45) is 0.837. The molecule has 2 rings (SSSR count). The second kappa shape index (κ2) is 6.88. The second-order valence-electron chi connectivity index (χ2n) is 7.25. The van der Waals surface area contributed by atoms with Crippen LogP contribution in [0.1, 0.15) is 32.8 Å². The van der Waals surface area contributed by atoms with Gasteiger partial charge in [-0.3, -0.25) is 0 Å². The summed E-state index contributed by atoms with van der Waals surface area (Å²) >= 11 is 0. The molecule has 1 aliphatic rings. The van der Waals surface area contributed by atoms with Crippen LogP contribution in [0.3, 0.4) is 0 Å². The van der Waals surface area contributed by atoms with E-state index in [0.717, 1.165) is 30.9 Å². The number of nitrogens with zero attached hydrogens (tertiary/aromatic N) is 1. The van der Waals surface area contributed by atoms with E-state index in [4.69, 9.17) is 4.74 Å². The Morgan fingerprint density at radius 3 is 2.64 bits per heavy atom. The average Bonchev–Trinajstić information content (AvgIpc) is 2.93. The number of hydrogen-bond acceptors (Lipinski definition) is 4. The Morgan fingerprint density at radius 2 is 2.05 bits per heavy atom. The average molecular weight is 306 g/mol. The molecule has 1 saturated heterocycles. The number of ether oxygens (including phenoxy) is 1. The van der Waals surface area contributed by atoms with Gasteiger partial charge in [-0.1, -0.05) is 26.8 Å². The van der Waals surface area contributed by atoms with Crippen LogP contribution in [0.15, 0.2) is 18.2 Å². The Hall–Kier alpha value is -1.26. The first-order chi connectivity index (χ1) is 10.4. The van der Waals surface area contributed by atoms with E-state index in [1.54, 1.807) is 7.11 Å². The Morgan fingerprint density at radius 1 is 1.32 bits per heavy atom. The molecule has 2 atom stereocenters. The number of aliphatic hydroxyl groups excluding tert-OH is 1. The van der Waals surface area contributed by atoms with Gasteiger partial charge < -0.3 is 20.1 Å². The van der Waals surface area contributed by atoms with Crippen LogP contribution in [0.2, 0.25) is 0 Å². The van der Waals surface area contributed by atoms with E-state index in [0.29, 0.717) is 12.0 Å². The van der Waals surface area contributed by atoms with Gasteiger partial charge in [0.25, 0.3) is 0 Å². The maximum Gasteiger partial charge on any atom is 0.142 e. The molecule has 1 aliphatic heterocycles. The lowest BCUT2D eigenvalue weighted by molar-refractivity contribution is 0.255. The Kier molecular flexibility index (Phi) is 5.35. The second-order valence-corrected chi connectivity index (χ2v) is 7.25. The molecule has 124 valence electrons. The molecule has 0 radical (unpaired) electrons. The molecule has 1 aromatic carbocycles. The first-order valence-electron chi connectivity index (χ1n) is 8.11. The number of likely N-dealkylation sites (N-methyl/N-ethyl adjacent to an activating group) is 1. The van der Waals surface area contributed by atoms with Crippen LogP contribution in [0.4, 0.5) is 5.69 Å². The van der Waals surface area contributed by atoms with E-state index >= 15 is 0 Å². The zero-order valence-corrected chi connectivity index (χ0v) is 14.5. The highest BCUT2D eigenvalue weighted by molar-refractivity contribution is 5.61. The van der Waals surface area contributed by atoms with Gasteiger partial charge in [-0.25, -0.2) is 0 Å². The molecule has 0 saturated carbocycles. The number of nitrogens with one attached hydrogen (secondary N) is 1. The summed E-state index contributed by atoms with van der Waals surface area (Å²) in [4.78, 5) is 2.31. The van der Waals surface area contributed by atoms with Crippen molar-refractivity contribution in [3.8, 4) is 5.75 Å². The minimum atomic E-state index is 0.111. The lowest BCUT2D eigenvalue weighted by atomic mass is 9.86. The highest BCUT2D eigenvalue weighted by Gasteiger charge is 2.31. The maximum absolute atomic E-state index is 9.28. The normalized spacial score (nSPS) is 21.9. The van der Waals surface area contributed by atoms with Crippen LogP contribution >= 0.6 is 0 Å². The number of anilines is 1. The maximum atomic E-state index is 9.28. The van der Waals surface area contributed by atoms with Crippen molar-refractivity contribution in [3.63, 3.8) is 0 Å². The molecule has 1 fully saturated rings. The van der Waals surface area contributed by atoms with E-state index < -0.39 is 0 Å². The van der Waals surface area contributed by atoms with Gasteiger partial charge in [0.1, 0.15) is 5.75 Å². The fraction of sp³-hybridized carbons (Fsp3) is 0.667. The van der Waals surface area contributed by atoms with Gasteiger partial charge in [0.15, 0.2) is 0 Å². The molecular formula is C18H30N2O2. The van der Waals surface area contributed by atoms with Crippen LogP contribution in [0.25, 0.3) is 0 Å². The predicted molar refractivity (Wildman–Crippen MR) is 91.9 cm³/mol. The first kappa shape index (κ1) is 17.1. The third-order valence-electron chi connectivity index (χ3n) is 4.73. The fourth-order valence-corrected chi connectivity index (χ4v) is 3.24. The standard InChI is InChI=1S/C18H30N2O2/c1-18(2,3)14-6-7-17(22-5)15(10-14)20(4)16-12-19-11-13(16)8-9-21/h6-7,10,13,16,19,21H,8-9,11-12H2,1-5H3. The molecule has 1 heterocycles. The van der Waals surface area contributed by atoms with Crippen LogP contribution in [-0.4, -0.2) is 45.0 Å². The summed E-state index contributed by atoms with van der Waals surface area (Å²) in [5.74, 6) is 1.38. The monoisotopic (exact) mass is 306 g/mol. The third kappa shape index (κ3) is 3.55. The van der Waals surface area contributed by atoms with E-state index in [1.807, 2.05) is 0 Å². The number of hydrogen-bond donors (Lipinski definition) is 2. The fourth-order valence-electron chi connectivity index (χ4n) is 3.24. The number of benzene rings is 1. The minimum Gasteiger partial charge on any atom is -0.495 e. The summed E-state index contributed by atoms with van der Waals surface area (Å²) in [6.45, 7) is 8.84. The van der Waals surface area contributed by atoms with Crippen molar-refractivity contribution in [2.45, 2.75) is 38.6 Å². The first-order valence-corrected chi connectivity index (χ1v) is 8.11. The molecule has 0 spiro atoms. The van der Waals surface area contributed by atoms with Crippen molar-refractivity contribution < 1.29 is 9.84 Å². The van der Waals surface area contributed by atoms with Crippen molar-refractivity contribution in [3.05, 3.63) is 23.8 Å². The Bertz CT molecular complexity index is 496. The molecule has 4 heteroatoms. The number of rotatable bonds is 5. The highest BCUT2D eigenvalue weighted by Crippen LogP contribution is 2.35. The predicted octanol–water partition coefficient (Wildman–Crippen LogP) is 2.40. The minimum absolute atomic E-state index is 0.111. The summed E-state index contributed by atoms with van der Waals surface area (Å²) < 4.78 is 5.58. The SMILES string of the molecule is COc1ccc(C(C)(C)C)cc1N(C)C1CNCC1CCO. The van der Waals surface area contributed by atoms with Crippen LogP contribution < -0.4 is 15.0 Å². The van der Waals surface area contributed by atoms with Gasteiger partial charge in [0.2, 0.25) is 0 Å². The molecule has 22 heavy (non-hydrogen) atoms. The third-order valence-corrected chi connectivity index (χ3v) is 4.73. The van der Waals surface area contributed by atoms with Crippen molar-refractivity contribution in [2.75, 3.05) is 38.8 Å². The van der Waals surface area contributed by atoms with Gasteiger partial charge >= 0.3 is 0 Å². The van der Waals surface area contributed by atoms with Crippen molar-refractivity contribution in [2.24, 2.45) is 5.92 Å². The smallest absolute Gasteiger partial charge is 0.142 e. The van der Waals surface area contributed by atoms with Gasteiger partial charge in [0, 0.05) is 32.8 Å². The molecule has 4 nitrogen and oxygen atoms in total. The van der Waals surface area contributed by atoms with E-state index in [1.165, 1.54) is 5.56 Å².